The number of halogens is 1. The number of para-hydroxylation sites is 1. The molecule has 0 aromatic heterocycles. The Labute approximate surface area is 220 Å². The van der Waals surface area contributed by atoms with Crippen LogP contribution in [0.2, 0.25) is 0 Å². The number of benzene rings is 3. The number of nitrogens with zero attached hydrogens (tertiary/aromatic N) is 1. The Balaban J connectivity index is 1.49. The number of methoxy groups -OCH3 is 1. The van der Waals surface area contributed by atoms with E-state index in [0.717, 1.165) is 0 Å². The summed E-state index contributed by atoms with van der Waals surface area (Å²) >= 11 is 0. The molecule has 1 heterocycles. The van der Waals surface area contributed by atoms with Crippen molar-refractivity contribution in [3.05, 3.63) is 89.7 Å². The lowest BCUT2D eigenvalue weighted by molar-refractivity contribution is -0.131. The highest BCUT2D eigenvalue weighted by Gasteiger charge is 2.49. The van der Waals surface area contributed by atoms with E-state index in [4.69, 9.17) is 9.47 Å². The van der Waals surface area contributed by atoms with Crippen molar-refractivity contribution >= 4 is 17.5 Å². The van der Waals surface area contributed by atoms with Crippen LogP contribution in [0.1, 0.15) is 36.1 Å². The van der Waals surface area contributed by atoms with Gasteiger partial charge in [-0.25, -0.2) is 4.39 Å². The molecule has 0 bridgehead atoms. The molecular weight excluding hydrogens is 491 g/mol. The molecule has 3 N–H and O–H groups in total. The fraction of sp³-hybridized carbons (Fsp3) is 0.310. The number of ether oxygens (including phenoxy) is 2. The molecule has 3 aromatic carbocycles. The number of amides is 2. The van der Waals surface area contributed by atoms with Crippen molar-refractivity contribution in [2.45, 2.75) is 25.0 Å². The van der Waals surface area contributed by atoms with E-state index in [1.807, 2.05) is 30.3 Å². The molecule has 8 nitrogen and oxygen atoms in total. The van der Waals surface area contributed by atoms with Crippen LogP contribution in [0.25, 0.3) is 0 Å². The van der Waals surface area contributed by atoms with Gasteiger partial charge in [0.05, 0.1) is 24.7 Å². The summed E-state index contributed by atoms with van der Waals surface area (Å²) in [6.45, 7) is 0.539. The van der Waals surface area contributed by atoms with Crippen LogP contribution >= 0.6 is 0 Å². The molecular formula is C29H31FN2O6. The summed E-state index contributed by atoms with van der Waals surface area (Å²) in [6, 6.07) is 19.1. The van der Waals surface area contributed by atoms with Crippen LogP contribution in [-0.4, -0.2) is 48.9 Å². The fourth-order valence-electron chi connectivity index (χ4n) is 4.61. The molecule has 0 radical (unpaired) electrons. The molecule has 1 fully saturated rings. The summed E-state index contributed by atoms with van der Waals surface area (Å²) in [7, 11) is 1.54. The second kappa shape index (κ2) is 12.5. The summed E-state index contributed by atoms with van der Waals surface area (Å²) in [5.41, 5.74) is 1.81. The van der Waals surface area contributed by atoms with E-state index in [0.29, 0.717) is 48.6 Å². The lowest BCUT2D eigenvalue weighted by Crippen LogP contribution is -2.55. The minimum absolute atomic E-state index is 0.0650. The van der Waals surface area contributed by atoms with Gasteiger partial charge in [-0.05, 0) is 54.8 Å². The van der Waals surface area contributed by atoms with Gasteiger partial charge in [0.2, 0.25) is 5.91 Å². The van der Waals surface area contributed by atoms with Gasteiger partial charge in [0.1, 0.15) is 17.3 Å². The number of aromatic hydroxyl groups is 1. The van der Waals surface area contributed by atoms with Crippen LogP contribution in [0, 0.1) is 11.7 Å². The van der Waals surface area contributed by atoms with E-state index in [9.17, 15) is 24.2 Å². The van der Waals surface area contributed by atoms with Gasteiger partial charge in [-0.15, -0.1) is 0 Å². The van der Waals surface area contributed by atoms with Gasteiger partial charge in [-0.2, -0.15) is 0 Å². The molecule has 200 valence electrons. The number of carbonyl (C=O) groups excluding carboxylic acids is 2. The third-order valence-electron chi connectivity index (χ3n) is 6.57. The molecule has 3 atom stereocenters. The molecule has 4 rings (SSSR count). The van der Waals surface area contributed by atoms with E-state index in [2.05, 4.69) is 5.32 Å². The van der Waals surface area contributed by atoms with E-state index in [-0.39, 0.29) is 30.0 Å². The summed E-state index contributed by atoms with van der Waals surface area (Å²) in [5, 5.41) is 24.2. The summed E-state index contributed by atoms with van der Waals surface area (Å²) in [4.78, 5) is 26.8. The average Bonchev–Trinajstić information content (AvgIpc) is 2.92. The number of hydrogen-bond donors (Lipinski definition) is 3. The maximum Gasteiger partial charge on any atom is 0.258 e. The Kier molecular flexibility index (Phi) is 8.93. The predicted molar refractivity (Wildman–Crippen MR) is 139 cm³/mol. The fourth-order valence-corrected chi connectivity index (χ4v) is 4.61. The first-order valence-corrected chi connectivity index (χ1v) is 12.4. The largest absolute Gasteiger partial charge is 0.507 e. The molecule has 9 heteroatoms. The second-order valence-electron chi connectivity index (χ2n) is 9.09. The number of phenols is 1. The topological polar surface area (TPSA) is 108 Å². The van der Waals surface area contributed by atoms with Crippen molar-refractivity contribution in [2.24, 2.45) is 5.92 Å². The molecule has 1 aliphatic rings. The van der Waals surface area contributed by atoms with E-state index in [1.165, 1.54) is 30.3 Å². The van der Waals surface area contributed by atoms with Crippen LogP contribution in [0.15, 0.2) is 72.8 Å². The van der Waals surface area contributed by atoms with Gasteiger partial charge < -0.3 is 29.9 Å². The lowest BCUT2D eigenvalue weighted by atomic mass is 9.78. The zero-order valence-electron chi connectivity index (χ0n) is 21.0. The third kappa shape index (κ3) is 6.30. The predicted octanol–water partition coefficient (Wildman–Crippen LogP) is 3.89. The van der Waals surface area contributed by atoms with Crippen molar-refractivity contribution in [3.63, 3.8) is 0 Å². The molecule has 0 aliphatic carbocycles. The van der Waals surface area contributed by atoms with Crippen molar-refractivity contribution in [2.75, 3.05) is 31.8 Å². The Morgan fingerprint density at radius 2 is 1.84 bits per heavy atom. The van der Waals surface area contributed by atoms with Gasteiger partial charge in [-0.3, -0.25) is 9.59 Å². The maximum absolute atomic E-state index is 13.3. The van der Waals surface area contributed by atoms with Gasteiger partial charge in [0, 0.05) is 31.0 Å². The number of aliphatic hydroxyl groups is 1. The number of phenolic OH excluding ortho intramolecular Hbond substituents is 1. The highest BCUT2D eigenvalue weighted by molar-refractivity contribution is 6.03. The highest BCUT2D eigenvalue weighted by Crippen LogP contribution is 2.49. The molecule has 1 saturated heterocycles. The maximum atomic E-state index is 13.3. The number of hydrogen-bond acceptors (Lipinski definition) is 6. The van der Waals surface area contributed by atoms with Gasteiger partial charge in [0.15, 0.2) is 6.61 Å². The Morgan fingerprint density at radius 1 is 1.11 bits per heavy atom. The third-order valence-corrected chi connectivity index (χ3v) is 6.57. The molecule has 0 saturated carbocycles. The molecule has 1 aliphatic heterocycles. The minimum atomic E-state index is -0.853. The molecule has 2 amide bonds. The van der Waals surface area contributed by atoms with E-state index >= 15 is 0 Å². The van der Waals surface area contributed by atoms with Crippen molar-refractivity contribution in [3.8, 4) is 11.5 Å². The van der Waals surface area contributed by atoms with Crippen molar-refractivity contribution in [1.29, 1.82) is 0 Å². The SMILES string of the molecule is COCCNC(=O)COc1ccc(C2C(CCC(O)c3ccc(F)cc3)C(=O)N2c2ccccc2)c(O)c1. The van der Waals surface area contributed by atoms with Gasteiger partial charge >= 0.3 is 0 Å². The molecule has 3 unspecified atom stereocenters. The van der Waals surface area contributed by atoms with Gasteiger partial charge in [0.25, 0.3) is 5.91 Å². The summed E-state index contributed by atoms with van der Waals surface area (Å²) in [5.74, 6) is -1.04. The Bertz CT molecular complexity index is 1240. The normalized spacial score (nSPS) is 17.6. The second-order valence-corrected chi connectivity index (χ2v) is 9.09. The number of β-lactam (4-membered cyclic amide) rings is 1. The molecule has 38 heavy (non-hydrogen) atoms. The zero-order valence-corrected chi connectivity index (χ0v) is 21.0. The number of nitrogens with one attached hydrogen (secondary N) is 1. The zero-order chi connectivity index (χ0) is 27.1. The smallest absolute Gasteiger partial charge is 0.258 e. The quantitative estimate of drug-likeness (QED) is 0.246. The first-order chi connectivity index (χ1) is 18.4. The molecule has 0 spiro atoms. The van der Waals surface area contributed by atoms with Crippen LogP contribution in [0.3, 0.4) is 0 Å². The van der Waals surface area contributed by atoms with Crippen LogP contribution in [-0.2, 0) is 14.3 Å². The Morgan fingerprint density at radius 3 is 2.53 bits per heavy atom. The summed E-state index contributed by atoms with van der Waals surface area (Å²) < 4.78 is 23.7. The first-order valence-electron chi connectivity index (χ1n) is 12.4. The number of anilines is 1. The molecule has 3 aromatic rings. The van der Waals surface area contributed by atoms with Crippen LogP contribution in [0.5, 0.6) is 11.5 Å². The van der Waals surface area contributed by atoms with Crippen LogP contribution < -0.4 is 15.0 Å². The first kappa shape index (κ1) is 27.1. The number of aliphatic hydroxyl groups excluding tert-OH is 1. The van der Waals surface area contributed by atoms with Crippen molar-refractivity contribution < 1.29 is 33.7 Å². The monoisotopic (exact) mass is 522 g/mol. The standard InChI is InChI=1S/C29H31FN2O6/c1-37-16-15-31-27(35)18-38-22-11-12-23(26(34)17-22)28-24(29(36)32(28)21-5-3-2-4-6-21)13-14-25(33)19-7-9-20(30)10-8-19/h2-12,17,24-25,28,33-34H,13-16,18H2,1H3,(H,31,35). The Hall–Kier alpha value is -3.95. The number of carbonyl (C=O) groups is 2. The minimum Gasteiger partial charge on any atom is -0.507 e. The lowest BCUT2D eigenvalue weighted by Gasteiger charge is -2.48. The average molecular weight is 523 g/mol. The highest BCUT2D eigenvalue weighted by atomic mass is 19.1. The van der Waals surface area contributed by atoms with E-state index < -0.39 is 18.1 Å². The number of rotatable bonds is 12. The van der Waals surface area contributed by atoms with Crippen molar-refractivity contribution in [1.82, 2.24) is 5.32 Å². The van der Waals surface area contributed by atoms with Gasteiger partial charge in [-0.1, -0.05) is 30.3 Å². The van der Waals surface area contributed by atoms with Crippen LogP contribution in [0.4, 0.5) is 10.1 Å². The van der Waals surface area contributed by atoms with E-state index in [1.54, 1.807) is 24.1 Å². The summed E-state index contributed by atoms with van der Waals surface area (Å²) in [6.07, 6.45) is -0.194.